The first-order chi connectivity index (χ1) is 11.5. The number of nitrogens with two attached hydrogens (primary N) is 1. The summed E-state index contributed by atoms with van der Waals surface area (Å²) in [6.45, 7) is 16.2. The minimum Gasteiger partial charge on any atom is -0.494 e. The van der Waals surface area contributed by atoms with Crippen molar-refractivity contribution in [2.24, 2.45) is 22.5 Å². The molecule has 2 rings (SSSR count). The average molecular weight is 352 g/mol. The van der Waals surface area contributed by atoms with E-state index in [1.807, 2.05) is 0 Å². The summed E-state index contributed by atoms with van der Waals surface area (Å²) in [4.78, 5) is 0. The molecule has 1 aliphatic rings. The van der Waals surface area contributed by atoms with Crippen molar-refractivity contribution in [2.75, 3.05) is 19.6 Å². The number of hydrogen-bond donors (Lipinski definition) is 4. The zero-order valence-corrected chi connectivity index (χ0v) is 16.8. The standard InChI is InChI=1S/C20H37N3O2/c1-14(2)20(6)13-19(20,5)12-18(3,4)15-11-16(24)23(17(15)25)10-9-22-8-7-21/h11,14,22,24-25H,7-10,12-13,21H2,1-6H3. The molecule has 1 saturated carbocycles. The van der Waals surface area contributed by atoms with Gasteiger partial charge in [-0.3, -0.25) is 4.57 Å². The van der Waals surface area contributed by atoms with Gasteiger partial charge < -0.3 is 21.3 Å². The SMILES string of the molecule is CC(C)C1(C)CC1(C)CC(C)(C)c1cc(O)n(CCNCCN)c1O. The lowest BCUT2D eigenvalue weighted by Crippen LogP contribution is -2.26. The van der Waals surface area contributed by atoms with Gasteiger partial charge in [0.25, 0.3) is 0 Å². The van der Waals surface area contributed by atoms with Crippen molar-refractivity contribution in [1.29, 1.82) is 0 Å². The molecule has 0 amide bonds. The zero-order valence-electron chi connectivity index (χ0n) is 16.8. The van der Waals surface area contributed by atoms with Gasteiger partial charge in [0.1, 0.15) is 0 Å². The molecular formula is C20H37N3O2. The Hall–Kier alpha value is -1.20. The zero-order chi connectivity index (χ0) is 19.0. The summed E-state index contributed by atoms with van der Waals surface area (Å²) in [6, 6.07) is 1.73. The highest BCUT2D eigenvalue weighted by Gasteiger charge is 2.63. The van der Waals surface area contributed by atoms with Crippen LogP contribution < -0.4 is 11.1 Å². The van der Waals surface area contributed by atoms with Gasteiger partial charge in [-0.2, -0.15) is 0 Å². The maximum Gasteiger partial charge on any atom is 0.197 e. The number of nitrogens with zero attached hydrogens (tertiary/aromatic N) is 1. The monoisotopic (exact) mass is 351 g/mol. The van der Waals surface area contributed by atoms with Gasteiger partial charge in [0.05, 0.1) is 0 Å². The second-order valence-corrected chi connectivity index (χ2v) is 9.30. The molecule has 5 heteroatoms. The van der Waals surface area contributed by atoms with E-state index in [2.05, 4.69) is 46.9 Å². The van der Waals surface area contributed by atoms with E-state index in [-0.39, 0.29) is 22.6 Å². The molecule has 0 radical (unpaired) electrons. The van der Waals surface area contributed by atoms with E-state index in [4.69, 9.17) is 5.73 Å². The van der Waals surface area contributed by atoms with Crippen LogP contribution in [-0.2, 0) is 12.0 Å². The number of aromatic hydroxyl groups is 2. The summed E-state index contributed by atoms with van der Waals surface area (Å²) in [5.74, 6) is 0.962. The van der Waals surface area contributed by atoms with Gasteiger partial charge in [-0.15, -0.1) is 0 Å². The number of nitrogens with one attached hydrogen (secondary N) is 1. The van der Waals surface area contributed by atoms with Crippen molar-refractivity contribution < 1.29 is 10.2 Å². The summed E-state index contributed by atoms with van der Waals surface area (Å²) >= 11 is 0. The third-order valence-electron chi connectivity index (χ3n) is 6.73. The van der Waals surface area contributed by atoms with Gasteiger partial charge in [0.15, 0.2) is 11.8 Å². The summed E-state index contributed by atoms with van der Waals surface area (Å²) < 4.78 is 1.58. The first-order valence-electron chi connectivity index (χ1n) is 9.51. The fraction of sp³-hybridized carbons (Fsp3) is 0.800. The van der Waals surface area contributed by atoms with Gasteiger partial charge in [-0.05, 0) is 35.0 Å². The van der Waals surface area contributed by atoms with Gasteiger partial charge in [-0.1, -0.05) is 41.5 Å². The maximum atomic E-state index is 10.7. The minimum atomic E-state index is -0.196. The molecule has 25 heavy (non-hydrogen) atoms. The molecular weight excluding hydrogens is 314 g/mol. The summed E-state index contributed by atoms with van der Waals surface area (Å²) in [6.07, 6.45) is 2.22. The molecule has 1 aromatic rings. The number of rotatable bonds is 9. The fourth-order valence-corrected chi connectivity index (χ4v) is 4.66. The molecule has 1 aromatic heterocycles. The lowest BCUT2D eigenvalue weighted by molar-refractivity contribution is 0.238. The number of hydrogen-bond acceptors (Lipinski definition) is 4. The summed E-state index contributed by atoms with van der Waals surface area (Å²) in [5.41, 5.74) is 6.74. The second-order valence-electron chi connectivity index (χ2n) is 9.30. The van der Waals surface area contributed by atoms with E-state index in [1.165, 1.54) is 6.42 Å². The van der Waals surface area contributed by atoms with Crippen molar-refractivity contribution in [1.82, 2.24) is 9.88 Å². The smallest absolute Gasteiger partial charge is 0.197 e. The van der Waals surface area contributed by atoms with Gasteiger partial charge >= 0.3 is 0 Å². The van der Waals surface area contributed by atoms with E-state index in [0.717, 1.165) is 18.5 Å². The molecule has 0 aromatic carbocycles. The van der Waals surface area contributed by atoms with E-state index in [0.29, 0.717) is 31.0 Å². The normalized spacial score (nSPS) is 26.4. The van der Waals surface area contributed by atoms with E-state index < -0.39 is 0 Å². The Labute approximate surface area is 152 Å². The van der Waals surface area contributed by atoms with Crippen molar-refractivity contribution >= 4 is 0 Å². The molecule has 0 aliphatic heterocycles. The summed E-state index contributed by atoms with van der Waals surface area (Å²) in [5, 5.41) is 24.2. The third kappa shape index (κ3) is 3.68. The lowest BCUT2D eigenvalue weighted by Gasteiger charge is -2.32. The predicted octanol–water partition coefficient (Wildman–Crippen LogP) is 3.19. The molecule has 1 heterocycles. The molecule has 5 nitrogen and oxygen atoms in total. The molecule has 144 valence electrons. The van der Waals surface area contributed by atoms with Gasteiger partial charge in [0.2, 0.25) is 0 Å². The molecule has 1 fully saturated rings. The van der Waals surface area contributed by atoms with Crippen LogP contribution >= 0.6 is 0 Å². The molecule has 0 bridgehead atoms. The van der Waals surface area contributed by atoms with E-state index in [9.17, 15) is 10.2 Å². The quantitative estimate of drug-likeness (QED) is 0.515. The largest absolute Gasteiger partial charge is 0.494 e. The molecule has 1 aliphatic carbocycles. The van der Waals surface area contributed by atoms with Crippen LogP contribution in [-0.4, -0.2) is 34.4 Å². The summed E-state index contributed by atoms with van der Waals surface area (Å²) in [7, 11) is 0. The highest BCUT2D eigenvalue weighted by Crippen LogP contribution is 2.71. The van der Waals surface area contributed by atoms with Crippen LogP contribution in [0.15, 0.2) is 6.07 Å². The Kier molecular flexibility index (Phi) is 5.50. The first kappa shape index (κ1) is 20.1. The van der Waals surface area contributed by atoms with E-state index >= 15 is 0 Å². The number of aromatic nitrogens is 1. The molecule has 5 N–H and O–H groups in total. The Morgan fingerprint density at radius 1 is 1.28 bits per heavy atom. The fourth-order valence-electron chi connectivity index (χ4n) is 4.66. The maximum absolute atomic E-state index is 10.7. The van der Waals surface area contributed by atoms with Crippen LogP contribution in [0.25, 0.3) is 0 Å². The third-order valence-corrected chi connectivity index (χ3v) is 6.73. The van der Waals surface area contributed by atoms with Crippen LogP contribution in [0.1, 0.15) is 59.9 Å². The topological polar surface area (TPSA) is 83.4 Å². The van der Waals surface area contributed by atoms with E-state index in [1.54, 1.807) is 10.6 Å². The second kappa shape index (κ2) is 6.84. The van der Waals surface area contributed by atoms with Crippen LogP contribution in [0.4, 0.5) is 0 Å². The molecule has 0 spiro atoms. The molecule has 0 saturated heterocycles. The molecule has 2 unspecified atom stereocenters. The Bertz CT molecular complexity index is 608. The highest BCUT2D eigenvalue weighted by molar-refractivity contribution is 5.41. The predicted molar refractivity (Wildman–Crippen MR) is 103 cm³/mol. The Balaban J connectivity index is 2.15. The van der Waals surface area contributed by atoms with Crippen molar-refractivity contribution in [2.45, 2.75) is 66.3 Å². The minimum absolute atomic E-state index is 0.127. The Morgan fingerprint density at radius 2 is 1.92 bits per heavy atom. The van der Waals surface area contributed by atoms with Gasteiger partial charge in [0, 0.05) is 37.8 Å². The Morgan fingerprint density at radius 3 is 2.44 bits per heavy atom. The van der Waals surface area contributed by atoms with Crippen LogP contribution in [0.5, 0.6) is 11.8 Å². The van der Waals surface area contributed by atoms with Crippen molar-refractivity contribution in [3.63, 3.8) is 0 Å². The average Bonchev–Trinajstić information content (AvgIpc) is 2.91. The van der Waals surface area contributed by atoms with Crippen LogP contribution in [0, 0.1) is 16.7 Å². The van der Waals surface area contributed by atoms with Crippen LogP contribution in [0.3, 0.4) is 0 Å². The lowest BCUT2D eigenvalue weighted by atomic mass is 9.72. The van der Waals surface area contributed by atoms with Gasteiger partial charge in [-0.25, -0.2) is 0 Å². The highest BCUT2D eigenvalue weighted by atomic mass is 16.3. The van der Waals surface area contributed by atoms with Crippen LogP contribution in [0.2, 0.25) is 0 Å². The first-order valence-corrected chi connectivity index (χ1v) is 9.51. The molecule has 2 atom stereocenters. The van der Waals surface area contributed by atoms with Crippen molar-refractivity contribution in [3.8, 4) is 11.8 Å². The van der Waals surface area contributed by atoms with Crippen molar-refractivity contribution in [3.05, 3.63) is 11.6 Å².